The van der Waals surface area contributed by atoms with Crippen molar-refractivity contribution >= 4 is 27.3 Å². The number of fused-ring (bicyclic) bond motifs is 1. The van der Waals surface area contributed by atoms with E-state index in [1.165, 1.54) is 25.8 Å². The van der Waals surface area contributed by atoms with E-state index in [0.717, 1.165) is 6.07 Å². The van der Waals surface area contributed by atoms with Crippen LogP contribution < -0.4 is 15.0 Å². The maximum atomic E-state index is 14.3. The van der Waals surface area contributed by atoms with Crippen LogP contribution in [-0.4, -0.2) is 25.3 Å². The molecule has 23 heavy (non-hydrogen) atoms. The number of carbonyl (C=O) groups excluding carboxylic acids is 1. The van der Waals surface area contributed by atoms with Crippen LogP contribution in [0.15, 0.2) is 12.1 Å². The number of amides is 1. The molecule has 1 aromatic carbocycles. The van der Waals surface area contributed by atoms with Crippen LogP contribution in [0.4, 0.5) is 13.2 Å². The molecule has 0 aliphatic heterocycles. The summed E-state index contributed by atoms with van der Waals surface area (Å²) in [5, 5.41) is 8.34. The van der Waals surface area contributed by atoms with E-state index in [4.69, 9.17) is 14.7 Å². The molecule has 2 aromatic rings. The number of methoxy groups -OCH3 is 2. The maximum Gasteiger partial charge on any atom is 0.282 e. The zero-order chi connectivity index (χ0) is 17.2. The van der Waals surface area contributed by atoms with Crippen molar-refractivity contribution in [3.8, 4) is 11.5 Å². The molecule has 0 saturated heterocycles. The van der Waals surface area contributed by atoms with Gasteiger partial charge >= 0.3 is 0 Å². The average Bonchev–Trinajstić information content (AvgIpc) is 2.97. The molecule has 126 valence electrons. The standard InChI is InChI=1S/C14H14F3NO4S/c1-21-8-6-9-7(12(15)13(8)22-2)5-10(23-9)14(16,17)4-3-11(19)18-20/h5-6,20H,3-4H2,1-2H3,(H,18,19). The molecule has 0 saturated carbocycles. The first-order chi connectivity index (χ1) is 10.8. The number of carbonyl (C=O) groups is 1. The summed E-state index contributed by atoms with van der Waals surface area (Å²) < 4.78 is 52.8. The zero-order valence-corrected chi connectivity index (χ0v) is 13.1. The summed E-state index contributed by atoms with van der Waals surface area (Å²) in [5.41, 5.74) is 1.29. The lowest BCUT2D eigenvalue weighted by atomic mass is 10.1. The summed E-state index contributed by atoms with van der Waals surface area (Å²) in [6, 6.07) is 2.45. The molecule has 5 nitrogen and oxygen atoms in total. The molecule has 2 N–H and O–H groups in total. The lowest BCUT2D eigenvalue weighted by Crippen LogP contribution is -2.22. The van der Waals surface area contributed by atoms with E-state index >= 15 is 0 Å². The third-order valence-electron chi connectivity index (χ3n) is 3.26. The third kappa shape index (κ3) is 3.35. The number of thiophene rings is 1. The number of hydroxylamine groups is 1. The largest absolute Gasteiger partial charge is 0.493 e. The van der Waals surface area contributed by atoms with Crippen LogP contribution >= 0.6 is 11.3 Å². The Morgan fingerprint density at radius 1 is 1.35 bits per heavy atom. The molecule has 0 atom stereocenters. The Hall–Kier alpha value is -2.00. The van der Waals surface area contributed by atoms with E-state index in [1.807, 2.05) is 0 Å². The van der Waals surface area contributed by atoms with Crippen molar-refractivity contribution < 1.29 is 32.6 Å². The van der Waals surface area contributed by atoms with Gasteiger partial charge in [-0.15, -0.1) is 11.3 Å². The first-order valence-corrected chi connectivity index (χ1v) is 7.31. The topological polar surface area (TPSA) is 67.8 Å². The van der Waals surface area contributed by atoms with E-state index in [2.05, 4.69) is 0 Å². The van der Waals surface area contributed by atoms with Gasteiger partial charge in [0.1, 0.15) is 0 Å². The number of hydrogen-bond acceptors (Lipinski definition) is 5. The SMILES string of the molecule is COc1cc2sc(C(F)(F)CCC(=O)NO)cc2c(F)c1OC. The van der Waals surface area contributed by atoms with Gasteiger partial charge < -0.3 is 9.47 Å². The zero-order valence-electron chi connectivity index (χ0n) is 12.3. The van der Waals surface area contributed by atoms with E-state index in [-0.39, 0.29) is 26.5 Å². The summed E-state index contributed by atoms with van der Waals surface area (Å²) >= 11 is 0.707. The molecule has 9 heteroatoms. The highest BCUT2D eigenvalue weighted by Gasteiger charge is 2.35. The van der Waals surface area contributed by atoms with Gasteiger partial charge in [0.2, 0.25) is 5.91 Å². The first-order valence-electron chi connectivity index (χ1n) is 6.49. The fourth-order valence-electron chi connectivity index (χ4n) is 2.07. The van der Waals surface area contributed by atoms with E-state index in [9.17, 15) is 18.0 Å². The highest BCUT2D eigenvalue weighted by molar-refractivity contribution is 7.19. The molecule has 0 bridgehead atoms. The predicted octanol–water partition coefficient (Wildman–Crippen LogP) is 3.44. The molecule has 1 aromatic heterocycles. The van der Waals surface area contributed by atoms with Crippen molar-refractivity contribution in [2.24, 2.45) is 0 Å². The minimum Gasteiger partial charge on any atom is -0.493 e. The second kappa shape index (κ2) is 6.63. The molecule has 0 radical (unpaired) electrons. The summed E-state index contributed by atoms with van der Waals surface area (Å²) in [6.45, 7) is 0. The van der Waals surface area contributed by atoms with Gasteiger partial charge in [0, 0.05) is 29.0 Å². The van der Waals surface area contributed by atoms with Gasteiger partial charge in [0.15, 0.2) is 17.3 Å². The van der Waals surface area contributed by atoms with Crippen LogP contribution in [0.2, 0.25) is 0 Å². The van der Waals surface area contributed by atoms with Crippen LogP contribution in [0, 0.1) is 5.82 Å². The van der Waals surface area contributed by atoms with Gasteiger partial charge in [-0.3, -0.25) is 10.0 Å². The molecular formula is C14H14F3NO4S. The van der Waals surface area contributed by atoms with Crippen LogP contribution in [0.5, 0.6) is 11.5 Å². The smallest absolute Gasteiger partial charge is 0.282 e. The fourth-order valence-corrected chi connectivity index (χ4v) is 3.16. The molecule has 1 heterocycles. The predicted molar refractivity (Wildman–Crippen MR) is 77.9 cm³/mol. The second-order valence-corrected chi connectivity index (χ2v) is 5.77. The second-order valence-electron chi connectivity index (χ2n) is 4.69. The number of hydrogen-bond donors (Lipinski definition) is 2. The molecule has 0 aliphatic rings. The minimum absolute atomic E-state index is 0.00562. The number of rotatable bonds is 6. The summed E-state index contributed by atoms with van der Waals surface area (Å²) in [6.07, 6.45) is -1.37. The summed E-state index contributed by atoms with van der Waals surface area (Å²) in [4.78, 5) is 10.5. The van der Waals surface area contributed by atoms with Gasteiger partial charge in [0.05, 0.1) is 19.1 Å². The van der Waals surface area contributed by atoms with Crippen LogP contribution in [0.1, 0.15) is 17.7 Å². The first kappa shape index (κ1) is 17.4. The molecule has 0 fully saturated rings. The van der Waals surface area contributed by atoms with Crippen molar-refractivity contribution in [2.75, 3.05) is 14.2 Å². The normalized spacial score (nSPS) is 11.6. The van der Waals surface area contributed by atoms with E-state index in [1.54, 1.807) is 0 Å². The molecule has 0 aliphatic carbocycles. The lowest BCUT2D eigenvalue weighted by Gasteiger charge is -2.13. The van der Waals surface area contributed by atoms with Crippen molar-refractivity contribution in [3.63, 3.8) is 0 Å². The number of benzene rings is 1. The number of ether oxygens (including phenoxy) is 2. The Kier molecular flexibility index (Phi) is 5.00. The molecule has 0 spiro atoms. The third-order valence-corrected chi connectivity index (χ3v) is 4.45. The molecular weight excluding hydrogens is 335 g/mol. The summed E-state index contributed by atoms with van der Waals surface area (Å²) in [7, 11) is 2.57. The Morgan fingerprint density at radius 2 is 2.04 bits per heavy atom. The van der Waals surface area contributed by atoms with E-state index in [0.29, 0.717) is 11.3 Å². The maximum absolute atomic E-state index is 14.3. The molecule has 2 rings (SSSR count). The summed E-state index contributed by atoms with van der Waals surface area (Å²) in [5.74, 6) is -5.09. The number of halogens is 3. The lowest BCUT2D eigenvalue weighted by molar-refractivity contribution is -0.131. The fraction of sp³-hybridized carbons (Fsp3) is 0.357. The Bertz CT molecular complexity index is 732. The van der Waals surface area contributed by atoms with Crippen molar-refractivity contribution in [3.05, 3.63) is 22.8 Å². The minimum atomic E-state index is -3.33. The van der Waals surface area contributed by atoms with Gasteiger partial charge in [-0.05, 0) is 6.07 Å². The highest BCUT2D eigenvalue weighted by atomic mass is 32.1. The Morgan fingerprint density at radius 3 is 2.61 bits per heavy atom. The van der Waals surface area contributed by atoms with Crippen molar-refractivity contribution in [1.82, 2.24) is 5.48 Å². The number of nitrogens with one attached hydrogen (secondary N) is 1. The van der Waals surface area contributed by atoms with E-state index < -0.39 is 30.5 Å². The van der Waals surface area contributed by atoms with Crippen LogP contribution in [-0.2, 0) is 10.7 Å². The van der Waals surface area contributed by atoms with Gasteiger partial charge in [-0.25, -0.2) is 18.7 Å². The molecule has 1 amide bonds. The van der Waals surface area contributed by atoms with Crippen LogP contribution in [0.25, 0.3) is 10.1 Å². The van der Waals surface area contributed by atoms with Gasteiger partial charge in [-0.1, -0.05) is 0 Å². The number of alkyl halides is 2. The monoisotopic (exact) mass is 349 g/mol. The average molecular weight is 349 g/mol. The Labute approximate surface area is 133 Å². The van der Waals surface area contributed by atoms with Gasteiger partial charge in [-0.2, -0.15) is 0 Å². The highest BCUT2D eigenvalue weighted by Crippen LogP contribution is 2.44. The van der Waals surface area contributed by atoms with Crippen LogP contribution in [0.3, 0.4) is 0 Å². The molecule has 0 unspecified atom stereocenters. The van der Waals surface area contributed by atoms with Crippen molar-refractivity contribution in [1.29, 1.82) is 0 Å². The Balaban J connectivity index is 2.43. The van der Waals surface area contributed by atoms with Crippen molar-refractivity contribution in [2.45, 2.75) is 18.8 Å². The van der Waals surface area contributed by atoms with Gasteiger partial charge in [0.25, 0.3) is 5.92 Å². The quantitative estimate of drug-likeness (QED) is 0.619.